The molecule has 64 valence electrons. The summed E-state index contributed by atoms with van der Waals surface area (Å²) in [6.45, 7) is 1.60. The Kier molecular flexibility index (Phi) is 2.65. The second-order valence-corrected chi connectivity index (χ2v) is 2.72. The summed E-state index contributed by atoms with van der Waals surface area (Å²) in [5, 5.41) is 11.4. The lowest BCUT2D eigenvalue weighted by molar-refractivity contribution is 0.319. The van der Waals surface area contributed by atoms with E-state index in [9.17, 15) is 4.39 Å². The van der Waals surface area contributed by atoms with Gasteiger partial charge in [0.25, 0.3) is 0 Å². The molecule has 1 aromatic carbocycles. The molecule has 0 radical (unpaired) electrons. The van der Waals surface area contributed by atoms with Gasteiger partial charge in [0.1, 0.15) is 5.82 Å². The molecule has 2 nitrogen and oxygen atoms in total. The Morgan fingerprint density at radius 2 is 2.25 bits per heavy atom. The van der Waals surface area contributed by atoms with Gasteiger partial charge in [0.15, 0.2) is 0 Å². The molecule has 0 saturated heterocycles. The first-order chi connectivity index (χ1) is 5.65. The van der Waals surface area contributed by atoms with Gasteiger partial charge in [-0.2, -0.15) is 0 Å². The van der Waals surface area contributed by atoms with Crippen LogP contribution in [0.1, 0.15) is 12.5 Å². The molecular formula is C8H7ClFNO. The molecule has 0 atom stereocenters. The van der Waals surface area contributed by atoms with Gasteiger partial charge in [-0.1, -0.05) is 22.8 Å². The summed E-state index contributed by atoms with van der Waals surface area (Å²) in [5.74, 6) is -0.480. The van der Waals surface area contributed by atoms with Crippen molar-refractivity contribution in [1.29, 1.82) is 0 Å². The second kappa shape index (κ2) is 3.54. The third-order valence-corrected chi connectivity index (χ3v) is 1.78. The Bertz CT molecular complexity index is 325. The van der Waals surface area contributed by atoms with Crippen LogP contribution in [0.25, 0.3) is 0 Å². The average Bonchev–Trinajstić information content (AvgIpc) is 2.08. The van der Waals surface area contributed by atoms with Gasteiger partial charge in [0.2, 0.25) is 0 Å². The molecule has 4 heteroatoms. The van der Waals surface area contributed by atoms with E-state index in [1.807, 2.05) is 0 Å². The van der Waals surface area contributed by atoms with Crippen LogP contribution in [-0.4, -0.2) is 10.9 Å². The Labute approximate surface area is 74.3 Å². The minimum atomic E-state index is -0.480. The van der Waals surface area contributed by atoms with E-state index in [0.717, 1.165) is 0 Å². The van der Waals surface area contributed by atoms with E-state index in [2.05, 4.69) is 5.16 Å². The summed E-state index contributed by atoms with van der Waals surface area (Å²) in [4.78, 5) is 0. The van der Waals surface area contributed by atoms with E-state index in [-0.39, 0.29) is 5.02 Å². The van der Waals surface area contributed by atoms with Crippen molar-refractivity contribution in [2.75, 3.05) is 0 Å². The summed E-state index contributed by atoms with van der Waals surface area (Å²) in [6, 6.07) is 4.13. The van der Waals surface area contributed by atoms with Crippen molar-refractivity contribution in [1.82, 2.24) is 0 Å². The van der Waals surface area contributed by atoms with Crippen molar-refractivity contribution in [3.63, 3.8) is 0 Å². The van der Waals surface area contributed by atoms with Gasteiger partial charge in [-0.25, -0.2) is 4.39 Å². The van der Waals surface area contributed by atoms with Crippen LogP contribution in [0.5, 0.6) is 0 Å². The van der Waals surface area contributed by atoms with Crippen LogP contribution in [0.4, 0.5) is 4.39 Å². The predicted octanol–water partition coefficient (Wildman–Crippen LogP) is 2.68. The molecule has 0 aliphatic heterocycles. The van der Waals surface area contributed by atoms with Crippen LogP contribution in [0.2, 0.25) is 5.02 Å². The van der Waals surface area contributed by atoms with Gasteiger partial charge in [0, 0.05) is 5.56 Å². The van der Waals surface area contributed by atoms with E-state index in [1.165, 1.54) is 18.2 Å². The van der Waals surface area contributed by atoms with Crippen molar-refractivity contribution in [2.45, 2.75) is 6.92 Å². The predicted molar refractivity (Wildman–Crippen MR) is 45.4 cm³/mol. The van der Waals surface area contributed by atoms with Gasteiger partial charge in [-0.15, -0.1) is 0 Å². The number of oxime groups is 1. The maximum absolute atomic E-state index is 12.6. The first kappa shape index (κ1) is 9.00. The number of halogens is 2. The van der Waals surface area contributed by atoms with E-state index >= 15 is 0 Å². The van der Waals surface area contributed by atoms with E-state index in [4.69, 9.17) is 16.8 Å². The minimum absolute atomic E-state index is 0.0236. The monoisotopic (exact) mass is 187 g/mol. The molecule has 1 N–H and O–H groups in total. The minimum Gasteiger partial charge on any atom is -0.411 e. The first-order valence-corrected chi connectivity index (χ1v) is 3.67. The summed E-state index contributed by atoms with van der Waals surface area (Å²) in [5.41, 5.74) is 1.00. The fourth-order valence-corrected chi connectivity index (χ4v) is 0.959. The van der Waals surface area contributed by atoms with Crippen LogP contribution < -0.4 is 0 Å². The van der Waals surface area contributed by atoms with Crippen molar-refractivity contribution in [3.05, 3.63) is 34.6 Å². The zero-order valence-corrected chi connectivity index (χ0v) is 7.14. The topological polar surface area (TPSA) is 32.6 Å². The smallest absolute Gasteiger partial charge is 0.141 e. The maximum atomic E-state index is 12.6. The van der Waals surface area contributed by atoms with Gasteiger partial charge >= 0.3 is 0 Å². The molecule has 12 heavy (non-hydrogen) atoms. The Morgan fingerprint density at radius 3 is 2.75 bits per heavy atom. The van der Waals surface area contributed by atoms with Crippen LogP contribution >= 0.6 is 11.6 Å². The molecular weight excluding hydrogens is 181 g/mol. The molecule has 0 amide bonds. The molecule has 0 aliphatic rings. The number of nitrogens with zero attached hydrogens (tertiary/aromatic N) is 1. The highest BCUT2D eigenvalue weighted by Crippen LogP contribution is 2.16. The Morgan fingerprint density at radius 1 is 1.58 bits per heavy atom. The summed E-state index contributed by atoms with van der Waals surface area (Å²) in [7, 11) is 0. The number of hydrogen-bond acceptors (Lipinski definition) is 2. The normalized spacial score (nSPS) is 11.8. The largest absolute Gasteiger partial charge is 0.411 e. The molecule has 0 bridgehead atoms. The summed E-state index contributed by atoms with van der Waals surface area (Å²) in [6.07, 6.45) is 0. The van der Waals surface area contributed by atoms with E-state index in [1.54, 1.807) is 6.92 Å². The Hall–Kier alpha value is -1.09. The third kappa shape index (κ3) is 1.74. The quantitative estimate of drug-likeness (QED) is 0.409. The van der Waals surface area contributed by atoms with Crippen LogP contribution in [0.15, 0.2) is 23.4 Å². The van der Waals surface area contributed by atoms with Gasteiger partial charge in [-0.05, 0) is 19.1 Å². The fraction of sp³-hybridized carbons (Fsp3) is 0.125. The van der Waals surface area contributed by atoms with Crippen LogP contribution in [0.3, 0.4) is 0 Å². The third-order valence-electron chi connectivity index (χ3n) is 1.49. The lowest BCUT2D eigenvalue weighted by atomic mass is 10.1. The molecule has 0 fully saturated rings. The lowest BCUT2D eigenvalue weighted by Gasteiger charge is -1.99. The van der Waals surface area contributed by atoms with Gasteiger partial charge in [-0.3, -0.25) is 0 Å². The molecule has 0 saturated carbocycles. The van der Waals surface area contributed by atoms with E-state index in [0.29, 0.717) is 11.3 Å². The zero-order chi connectivity index (χ0) is 9.14. The molecule has 0 aliphatic carbocycles. The van der Waals surface area contributed by atoms with Crippen molar-refractivity contribution < 1.29 is 9.60 Å². The first-order valence-electron chi connectivity index (χ1n) is 3.29. The number of rotatable bonds is 1. The SMILES string of the molecule is CC(=NO)c1ccc(F)c(Cl)c1. The fourth-order valence-electron chi connectivity index (χ4n) is 0.779. The van der Waals surface area contributed by atoms with E-state index < -0.39 is 5.82 Å². The second-order valence-electron chi connectivity index (χ2n) is 2.31. The molecule has 0 spiro atoms. The average molecular weight is 188 g/mol. The van der Waals surface area contributed by atoms with Crippen molar-refractivity contribution in [2.24, 2.45) is 5.16 Å². The highest BCUT2D eigenvalue weighted by Gasteiger charge is 2.02. The standard InChI is InChI=1S/C8H7ClFNO/c1-5(11-12)6-2-3-8(10)7(9)4-6/h2-4,12H,1H3. The summed E-state index contributed by atoms with van der Waals surface area (Å²) >= 11 is 5.50. The number of hydrogen-bond donors (Lipinski definition) is 1. The highest BCUT2D eigenvalue weighted by atomic mass is 35.5. The van der Waals surface area contributed by atoms with Crippen molar-refractivity contribution >= 4 is 17.3 Å². The lowest BCUT2D eigenvalue weighted by Crippen LogP contribution is -1.94. The van der Waals surface area contributed by atoms with Crippen molar-refractivity contribution in [3.8, 4) is 0 Å². The van der Waals surface area contributed by atoms with Gasteiger partial charge < -0.3 is 5.21 Å². The zero-order valence-electron chi connectivity index (χ0n) is 6.38. The molecule has 0 aromatic heterocycles. The highest BCUT2D eigenvalue weighted by molar-refractivity contribution is 6.31. The van der Waals surface area contributed by atoms with Crippen LogP contribution in [0, 0.1) is 5.82 Å². The maximum Gasteiger partial charge on any atom is 0.141 e. The molecule has 0 unspecified atom stereocenters. The molecule has 0 heterocycles. The van der Waals surface area contributed by atoms with Crippen LogP contribution in [-0.2, 0) is 0 Å². The molecule has 1 rings (SSSR count). The molecule has 1 aromatic rings. The van der Waals surface area contributed by atoms with Gasteiger partial charge in [0.05, 0.1) is 10.7 Å². The summed E-state index contributed by atoms with van der Waals surface area (Å²) < 4.78 is 12.6. The Balaban J connectivity index is 3.13. The number of benzene rings is 1.